The maximum atomic E-state index is 13.1. The zero-order valence-electron chi connectivity index (χ0n) is 19.4. The molecule has 0 aromatic carbocycles. The molecule has 4 atom stereocenters. The van der Waals surface area contributed by atoms with Crippen LogP contribution in [0.5, 0.6) is 0 Å². The van der Waals surface area contributed by atoms with Crippen molar-refractivity contribution in [2.75, 3.05) is 33.4 Å². The Kier molecular flexibility index (Phi) is 9.09. The number of halogens is 3. The van der Waals surface area contributed by atoms with Crippen LogP contribution < -0.4 is 11.1 Å². The van der Waals surface area contributed by atoms with Gasteiger partial charge in [-0.25, -0.2) is 0 Å². The summed E-state index contributed by atoms with van der Waals surface area (Å²) in [4.78, 5) is 18.7. The molecule has 1 aliphatic carbocycles. The number of hydrogen-bond donors (Lipinski definition) is 2. The molecule has 7 nitrogen and oxygen atoms in total. The minimum Gasteiger partial charge on any atom is -0.379 e. The van der Waals surface area contributed by atoms with Gasteiger partial charge in [0, 0.05) is 63.1 Å². The van der Waals surface area contributed by atoms with Crippen molar-refractivity contribution < 1.29 is 27.4 Å². The number of nitrogens with one attached hydrogen (secondary N) is 1. The fraction of sp³-hybridized carbons (Fsp3) is 0.739. The predicted molar refractivity (Wildman–Crippen MR) is 117 cm³/mol. The highest BCUT2D eigenvalue weighted by atomic mass is 19.4. The van der Waals surface area contributed by atoms with Gasteiger partial charge < -0.3 is 25.4 Å². The topological polar surface area (TPSA) is 89.7 Å². The Hall–Kier alpha value is -1.75. The third kappa shape index (κ3) is 6.65. The van der Waals surface area contributed by atoms with E-state index in [2.05, 4.69) is 10.3 Å². The van der Waals surface area contributed by atoms with Crippen LogP contribution in [0, 0.1) is 5.92 Å². The highest BCUT2D eigenvalue weighted by Gasteiger charge is 2.37. The number of methoxy groups -OCH3 is 1. The summed E-state index contributed by atoms with van der Waals surface area (Å²) in [5, 5.41) is 3.64. The standard InChI is InChI=1S/C21H28F3N3O3.C2H7N/c1-29-19-12-30-7-5-18(19)26-16-3-2-13(9-16)20(28)27-6-4-17-14(11-27)8-15(10-25-17)21(22,23)24;1-2-3/h8,10,13,16,18-19,26H,2-7,9,11-12H2,1H3;2-3H2,1H3. The van der Waals surface area contributed by atoms with E-state index in [9.17, 15) is 18.0 Å². The van der Waals surface area contributed by atoms with Crippen molar-refractivity contribution in [3.05, 3.63) is 29.1 Å². The average molecular weight is 473 g/mol. The first-order valence-electron chi connectivity index (χ1n) is 11.7. The number of carbonyl (C=O) groups is 1. The van der Waals surface area contributed by atoms with Crippen molar-refractivity contribution in [2.45, 2.75) is 69.9 Å². The van der Waals surface area contributed by atoms with E-state index < -0.39 is 11.7 Å². The van der Waals surface area contributed by atoms with Crippen LogP contribution >= 0.6 is 0 Å². The summed E-state index contributed by atoms with van der Waals surface area (Å²) in [5.41, 5.74) is 5.25. The van der Waals surface area contributed by atoms with Gasteiger partial charge in [0.15, 0.2) is 0 Å². The molecular formula is C23H35F3N4O3. The van der Waals surface area contributed by atoms with Crippen LogP contribution in [0.15, 0.2) is 12.3 Å². The smallest absolute Gasteiger partial charge is 0.379 e. The van der Waals surface area contributed by atoms with Gasteiger partial charge in [-0.1, -0.05) is 6.92 Å². The van der Waals surface area contributed by atoms with Gasteiger partial charge in [0.05, 0.1) is 18.3 Å². The third-order valence-corrected chi connectivity index (χ3v) is 6.52. The molecule has 186 valence electrons. The van der Waals surface area contributed by atoms with Crippen molar-refractivity contribution >= 4 is 5.91 Å². The molecule has 1 aromatic heterocycles. The zero-order valence-corrected chi connectivity index (χ0v) is 19.4. The molecule has 0 bridgehead atoms. The second-order valence-corrected chi connectivity index (χ2v) is 8.86. The first kappa shape index (κ1) is 25.9. The first-order chi connectivity index (χ1) is 15.8. The van der Waals surface area contributed by atoms with E-state index in [1.54, 1.807) is 12.0 Å². The van der Waals surface area contributed by atoms with Gasteiger partial charge >= 0.3 is 6.18 Å². The summed E-state index contributed by atoms with van der Waals surface area (Å²) >= 11 is 0. The molecule has 1 amide bonds. The first-order valence-corrected chi connectivity index (χ1v) is 11.7. The van der Waals surface area contributed by atoms with E-state index in [-0.39, 0.29) is 36.6 Å². The van der Waals surface area contributed by atoms with Gasteiger partial charge in [-0.15, -0.1) is 0 Å². The number of amides is 1. The molecule has 3 heterocycles. The van der Waals surface area contributed by atoms with Crippen molar-refractivity contribution in [2.24, 2.45) is 11.7 Å². The molecule has 4 rings (SSSR count). The Morgan fingerprint density at radius 1 is 1.36 bits per heavy atom. The molecule has 1 aromatic rings. The fourth-order valence-corrected chi connectivity index (χ4v) is 4.82. The van der Waals surface area contributed by atoms with Crippen LogP contribution in [-0.2, 0) is 33.4 Å². The molecule has 3 N–H and O–H groups in total. The van der Waals surface area contributed by atoms with E-state index in [1.807, 2.05) is 6.92 Å². The van der Waals surface area contributed by atoms with Crippen LogP contribution in [0.2, 0.25) is 0 Å². The van der Waals surface area contributed by atoms with Gasteiger partial charge in [-0.05, 0) is 43.9 Å². The van der Waals surface area contributed by atoms with Crippen molar-refractivity contribution in [3.8, 4) is 0 Å². The number of hydrogen-bond acceptors (Lipinski definition) is 6. The summed E-state index contributed by atoms with van der Waals surface area (Å²) in [7, 11) is 1.68. The summed E-state index contributed by atoms with van der Waals surface area (Å²) in [6.07, 6.45) is 0.293. The quantitative estimate of drug-likeness (QED) is 0.700. The molecule has 10 heteroatoms. The van der Waals surface area contributed by atoms with Crippen LogP contribution in [0.3, 0.4) is 0 Å². The molecule has 3 aliphatic rings. The number of fused-ring (bicyclic) bond motifs is 1. The number of carbonyl (C=O) groups excluding carboxylic acids is 1. The molecule has 1 saturated carbocycles. The molecule has 2 aliphatic heterocycles. The molecular weight excluding hydrogens is 437 g/mol. The SMILES string of the molecule is CCN.COC1COCCC1NC1CCC(C(=O)N2CCc3ncc(C(F)(F)F)cc3C2)C1. The van der Waals surface area contributed by atoms with Gasteiger partial charge in [0.1, 0.15) is 0 Å². The van der Waals surface area contributed by atoms with Crippen LogP contribution in [0.25, 0.3) is 0 Å². The summed E-state index contributed by atoms with van der Waals surface area (Å²) in [5.74, 6) is -0.0544. The average Bonchev–Trinajstić information content (AvgIpc) is 3.26. The van der Waals surface area contributed by atoms with Crippen LogP contribution in [0.4, 0.5) is 13.2 Å². The maximum Gasteiger partial charge on any atom is 0.417 e. The van der Waals surface area contributed by atoms with Crippen LogP contribution in [-0.4, -0.2) is 67.4 Å². The fourth-order valence-electron chi connectivity index (χ4n) is 4.82. The minimum absolute atomic E-state index is 0.0161. The lowest BCUT2D eigenvalue weighted by atomic mass is 10.00. The molecule has 33 heavy (non-hydrogen) atoms. The normalized spacial score (nSPS) is 27.5. The lowest BCUT2D eigenvalue weighted by molar-refractivity contribution is -0.137. The van der Waals surface area contributed by atoms with E-state index in [0.717, 1.165) is 44.5 Å². The Morgan fingerprint density at radius 3 is 2.82 bits per heavy atom. The number of aromatic nitrogens is 1. The molecule has 4 unspecified atom stereocenters. The van der Waals surface area contributed by atoms with Crippen molar-refractivity contribution in [3.63, 3.8) is 0 Å². The highest BCUT2D eigenvalue weighted by Crippen LogP contribution is 2.33. The van der Waals surface area contributed by atoms with Gasteiger partial charge in [-0.2, -0.15) is 13.2 Å². The Balaban J connectivity index is 0.000000968. The molecule has 0 radical (unpaired) electrons. The molecule has 2 fully saturated rings. The number of nitrogens with two attached hydrogens (primary N) is 1. The van der Waals surface area contributed by atoms with Gasteiger partial charge in [-0.3, -0.25) is 9.78 Å². The predicted octanol–water partition coefficient (Wildman–Crippen LogP) is 2.51. The van der Waals surface area contributed by atoms with Gasteiger partial charge in [0.2, 0.25) is 5.91 Å². The van der Waals surface area contributed by atoms with Crippen molar-refractivity contribution in [1.82, 2.24) is 15.2 Å². The summed E-state index contributed by atoms with van der Waals surface area (Å²) < 4.78 is 50.0. The number of alkyl halides is 3. The lowest BCUT2D eigenvalue weighted by Crippen LogP contribution is -2.50. The second-order valence-electron chi connectivity index (χ2n) is 8.86. The van der Waals surface area contributed by atoms with E-state index in [1.165, 1.54) is 0 Å². The maximum absolute atomic E-state index is 13.1. The Morgan fingerprint density at radius 2 is 2.12 bits per heavy atom. The minimum atomic E-state index is -4.43. The monoisotopic (exact) mass is 472 g/mol. The zero-order chi connectivity index (χ0) is 24.0. The lowest BCUT2D eigenvalue weighted by Gasteiger charge is -2.33. The number of nitrogens with zero attached hydrogens (tertiary/aromatic N) is 2. The van der Waals surface area contributed by atoms with Crippen LogP contribution in [0.1, 0.15) is 49.4 Å². The van der Waals surface area contributed by atoms with E-state index in [4.69, 9.17) is 15.2 Å². The number of rotatable bonds is 4. The number of pyridine rings is 1. The second kappa shape index (κ2) is 11.6. The summed E-state index contributed by atoms with van der Waals surface area (Å²) in [6, 6.07) is 1.60. The van der Waals surface area contributed by atoms with E-state index in [0.29, 0.717) is 37.4 Å². The van der Waals surface area contributed by atoms with Gasteiger partial charge in [0.25, 0.3) is 0 Å². The van der Waals surface area contributed by atoms with Crippen molar-refractivity contribution in [1.29, 1.82) is 0 Å². The third-order valence-electron chi connectivity index (χ3n) is 6.52. The Bertz CT molecular complexity index is 793. The summed E-state index contributed by atoms with van der Waals surface area (Å²) in [6.45, 7) is 4.63. The Labute approximate surface area is 193 Å². The highest BCUT2D eigenvalue weighted by molar-refractivity contribution is 5.79. The largest absolute Gasteiger partial charge is 0.417 e. The molecule has 1 saturated heterocycles. The molecule has 0 spiro atoms. The van der Waals surface area contributed by atoms with E-state index >= 15 is 0 Å². The number of ether oxygens (including phenoxy) is 2.